The fourth-order valence-corrected chi connectivity index (χ4v) is 5.20. The number of Topliss-reactive ketones (excluding diaryl/α,β-unsaturated/α-hetero) is 1. The highest BCUT2D eigenvalue weighted by atomic mass is 35.5. The first-order chi connectivity index (χ1) is 17.3. The van der Waals surface area contributed by atoms with Crippen molar-refractivity contribution >= 4 is 63.6 Å². The number of carbonyl (C=O) groups excluding carboxylic acids is 2. The minimum absolute atomic E-state index is 0.148. The SMILES string of the molecule is O=C(COc1ccc(/C=C2\SC(=S)N([C@@H](Cc3ccccc3)C(=O)O)C2=O)cc1)c1ccccc1Cl. The van der Waals surface area contributed by atoms with E-state index < -0.39 is 17.9 Å². The summed E-state index contributed by atoms with van der Waals surface area (Å²) in [6.07, 6.45) is 1.80. The number of rotatable bonds is 9. The van der Waals surface area contributed by atoms with Gasteiger partial charge in [-0.3, -0.25) is 14.5 Å². The Morgan fingerprint density at radius 2 is 1.69 bits per heavy atom. The van der Waals surface area contributed by atoms with Crippen LogP contribution in [0.25, 0.3) is 6.08 Å². The largest absolute Gasteiger partial charge is 0.485 e. The number of hydrogen-bond acceptors (Lipinski definition) is 6. The van der Waals surface area contributed by atoms with Crippen molar-refractivity contribution < 1.29 is 24.2 Å². The molecular weight excluding hydrogens is 518 g/mol. The maximum atomic E-state index is 13.1. The van der Waals surface area contributed by atoms with Crippen molar-refractivity contribution in [2.45, 2.75) is 12.5 Å². The Labute approximate surface area is 222 Å². The third-order valence-electron chi connectivity index (χ3n) is 5.41. The Morgan fingerprint density at radius 3 is 2.36 bits per heavy atom. The van der Waals surface area contributed by atoms with Crippen molar-refractivity contribution in [1.29, 1.82) is 0 Å². The number of benzene rings is 3. The van der Waals surface area contributed by atoms with Gasteiger partial charge in [-0.15, -0.1) is 0 Å². The summed E-state index contributed by atoms with van der Waals surface area (Å²) in [6, 6.07) is 21.6. The molecular formula is C27H20ClNO5S2. The normalized spacial score (nSPS) is 15.2. The molecule has 1 aliphatic rings. The summed E-state index contributed by atoms with van der Waals surface area (Å²) in [5.41, 5.74) is 1.89. The molecule has 1 N–H and O–H groups in total. The molecule has 182 valence electrons. The predicted octanol–water partition coefficient (Wildman–Crippen LogP) is 5.50. The molecule has 3 aromatic carbocycles. The van der Waals surface area contributed by atoms with Gasteiger partial charge in [-0.1, -0.05) is 90.2 Å². The lowest BCUT2D eigenvalue weighted by Gasteiger charge is -2.23. The number of amides is 1. The van der Waals surface area contributed by atoms with Crippen LogP contribution in [0.4, 0.5) is 0 Å². The number of carbonyl (C=O) groups is 3. The molecule has 4 rings (SSSR count). The van der Waals surface area contributed by atoms with Gasteiger partial charge in [0.2, 0.25) is 5.78 Å². The van der Waals surface area contributed by atoms with Crippen LogP contribution in [0, 0.1) is 0 Å². The van der Waals surface area contributed by atoms with Crippen LogP contribution in [0.3, 0.4) is 0 Å². The number of thioether (sulfide) groups is 1. The molecule has 0 saturated carbocycles. The van der Waals surface area contributed by atoms with Crippen molar-refractivity contribution in [3.05, 3.63) is 105 Å². The van der Waals surface area contributed by atoms with Crippen LogP contribution in [0.15, 0.2) is 83.8 Å². The van der Waals surface area contributed by atoms with E-state index in [1.807, 2.05) is 30.3 Å². The molecule has 0 aliphatic carbocycles. The molecule has 0 aromatic heterocycles. The van der Waals surface area contributed by atoms with E-state index in [4.69, 9.17) is 28.6 Å². The fraction of sp³-hybridized carbons (Fsp3) is 0.111. The van der Waals surface area contributed by atoms with Crippen molar-refractivity contribution in [3.8, 4) is 5.75 Å². The number of carboxylic acids is 1. The average molecular weight is 538 g/mol. The van der Waals surface area contributed by atoms with Gasteiger partial charge in [0.15, 0.2) is 6.61 Å². The summed E-state index contributed by atoms with van der Waals surface area (Å²) in [6.45, 7) is -0.167. The van der Waals surface area contributed by atoms with Gasteiger partial charge in [0.1, 0.15) is 16.1 Å². The molecule has 1 atom stereocenters. The second-order valence-corrected chi connectivity index (χ2v) is 9.94. The standard InChI is InChI=1S/C27H20ClNO5S2/c28-21-9-5-4-8-20(21)23(30)16-34-19-12-10-18(11-13-19)15-24-25(31)29(27(35)36-24)22(26(32)33)14-17-6-2-1-3-7-17/h1-13,15,22H,14,16H2,(H,32,33)/b24-15-/t22-/m0/s1. The minimum atomic E-state index is -1.12. The number of hydrogen-bond donors (Lipinski definition) is 1. The van der Waals surface area contributed by atoms with Crippen molar-refractivity contribution in [1.82, 2.24) is 4.90 Å². The van der Waals surface area contributed by atoms with Gasteiger partial charge in [0, 0.05) is 12.0 Å². The predicted molar refractivity (Wildman–Crippen MR) is 144 cm³/mol. The zero-order chi connectivity index (χ0) is 25.7. The molecule has 0 bridgehead atoms. The highest BCUT2D eigenvalue weighted by molar-refractivity contribution is 8.26. The molecule has 0 radical (unpaired) electrons. The Bertz CT molecular complexity index is 1340. The molecule has 9 heteroatoms. The van der Waals surface area contributed by atoms with Crippen LogP contribution >= 0.6 is 35.6 Å². The van der Waals surface area contributed by atoms with Gasteiger partial charge in [0.25, 0.3) is 5.91 Å². The third kappa shape index (κ3) is 6.02. The smallest absolute Gasteiger partial charge is 0.327 e. The van der Waals surface area contributed by atoms with E-state index in [1.165, 1.54) is 4.90 Å². The maximum absolute atomic E-state index is 13.1. The number of carboxylic acid groups (broad SMARTS) is 1. The third-order valence-corrected chi connectivity index (χ3v) is 7.07. The van der Waals surface area contributed by atoms with E-state index in [9.17, 15) is 19.5 Å². The highest BCUT2D eigenvalue weighted by Gasteiger charge is 2.40. The van der Waals surface area contributed by atoms with Crippen LogP contribution in [-0.2, 0) is 16.0 Å². The van der Waals surface area contributed by atoms with Gasteiger partial charge >= 0.3 is 5.97 Å². The van der Waals surface area contributed by atoms with E-state index >= 15 is 0 Å². The monoisotopic (exact) mass is 537 g/mol. The summed E-state index contributed by atoms with van der Waals surface area (Å²) >= 11 is 12.5. The van der Waals surface area contributed by atoms with Crippen LogP contribution in [0.5, 0.6) is 5.75 Å². The fourth-order valence-electron chi connectivity index (χ4n) is 3.60. The van der Waals surface area contributed by atoms with Gasteiger partial charge in [-0.25, -0.2) is 4.79 Å². The lowest BCUT2D eigenvalue weighted by Crippen LogP contribution is -2.45. The Morgan fingerprint density at radius 1 is 1.03 bits per heavy atom. The zero-order valence-corrected chi connectivity index (χ0v) is 21.2. The van der Waals surface area contributed by atoms with Crippen LogP contribution in [0.1, 0.15) is 21.5 Å². The maximum Gasteiger partial charge on any atom is 0.327 e. The first-order valence-corrected chi connectivity index (χ1v) is 12.5. The topological polar surface area (TPSA) is 83.9 Å². The van der Waals surface area contributed by atoms with Gasteiger partial charge in [0.05, 0.1) is 9.93 Å². The van der Waals surface area contributed by atoms with Gasteiger partial charge in [-0.05, 0) is 41.5 Å². The van der Waals surface area contributed by atoms with Gasteiger partial charge < -0.3 is 9.84 Å². The van der Waals surface area contributed by atoms with Gasteiger partial charge in [-0.2, -0.15) is 0 Å². The average Bonchev–Trinajstić information content (AvgIpc) is 3.15. The Kier molecular flexibility index (Phi) is 8.20. The summed E-state index contributed by atoms with van der Waals surface area (Å²) in [7, 11) is 0. The van der Waals surface area contributed by atoms with E-state index in [1.54, 1.807) is 54.6 Å². The number of ketones is 1. The molecule has 1 fully saturated rings. The first-order valence-electron chi connectivity index (χ1n) is 10.9. The lowest BCUT2D eigenvalue weighted by atomic mass is 10.0. The summed E-state index contributed by atoms with van der Waals surface area (Å²) in [5.74, 6) is -1.33. The van der Waals surface area contributed by atoms with Crippen molar-refractivity contribution in [2.75, 3.05) is 6.61 Å². The summed E-state index contributed by atoms with van der Waals surface area (Å²) in [4.78, 5) is 38.9. The molecule has 1 heterocycles. The summed E-state index contributed by atoms with van der Waals surface area (Å²) in [5, 5.41) is 10.2. The molecule has 1 aliphatic heterocycles. The molecule has 36 heavy (non-hydrogen) atoms. The Balaban J connectivity index is 1.43. The molecule has 1 amide bonds. The quantitative estimate of drug-likeness (QED) is 0.219. The number of aliphatic carboxylic acids is 1. The molecule has 6 nitrogen and oxygen atoms in total. The first kappa shape index (κ1) is 25.6. The number of thiocarbonyl (C=S) groups is 1. The van der Waals surface area contributed by atoms with Crippen molar-refractivity contribution in [2.24, 2.45) is 0 Å². The second-order valence-electron chi connectivity index (χ2n) is 7.86. The lowest BCUT2D eigenvalue weighted by molar-refractivity contribution is -0.145. The highest BCUT2D eigenvalue weighted by Crippen LogP contribution is 2.35. The van der Waals surface area contributed by atoms with E-state index in [0.29, 0.717) is 26.8 Å². The molecule has 3 aromatic rings. The van der Waals surface area contributed by atoms with Crippen LogP contribution in [0.2, 0.25) is 5.02 Å². The van der Waals surface area contributed by atoms with E-state index in [0.717, 1.165) is 17.3 Å². The minimum Gasteiger partial charge on any atom is -0.485 e. The second kappa shape index (κ2) is 11.5. The number of ether oxygens (including phenoxy) is 1. The Hall–Kier alpha value is -3.46. The van der Waals surface area contributed by atoms with Crippen LogP contribution < -0.4 is 4.74 Å². The molecule has 0 spiro atoms. The van der Waals surface area contributed by atoms with Crippen LogP contribution in [-0.4, -0.2) is 44.6 Å². The van der Waals surface area contributed by atoms with E-state index in [-0.39, 0.29) is 23.1 Å². The number of halogens is 1. The van der Waals surface area contributed by atoms with Crippen molar-refractivity contribution in [3.63, 3.8) is 0 Å². The molecule has 1 saturated heterocycles. The van der Waals surface area contributed by atoms with E-state index in [2.05, 4.69) is 0 Å². The number of nitrogens with zero attached hydrogens (tertiary/aromatic N) is 1. The summed E-state index contributed by atoms with van der Waals surface area (Å²) < 4.78 is 5.78. The molecule has 0 unspecified atom stereocenters. The zero-order valence-electron chi connectivity index (χ0n) is 18.8.